The van der Waals surface area contributed by atoms with Crippen molar-refractivity contribution >= 4 is 27.7 Å². The molecule has 0 radical (unpaired) electrons. The number of ether oxygens (including phenoxy) is 1. The van der Waals surface area contributed by atoms with Crippen LogP contribution < -0.4 is 5.32 Å². The SMILES string of the molecule is CCOC(=O)C(C)CNc1cc(C)c(Br)cn1. The lowest BCUT2D eigenvalue weighted by molar-refractivity contribution is -0.146. The highest BCUT2D eigenvalue weighted by Gasteiger charge is 2.13. The monoisotopic (exact) mass is 300 g/mol. The Bertz CT molecular complexity index is 396. The van der Waals surface area contributed by atoms with E-state index in [2.05, 4.69) is 26.2 Å². The van der Waals surface area contributed by atoms with E-state index in [-0.39, 0.29) is 11.9 Å². The highest BCUT2D eigenvalue weighted by Crippen LogP contribution is 2.17. The molecule has 0 aliphatic rings. The first kappa shape index (κ1) is 14.0. The molecule has 1 N–H and O–H groups in total. The predicted octanol–water partition coefficient (Wildman–Crippen LogP) is 2.76. The van der Waals surface area contributed by atoms with E-state index in [1.165, 1.54) is 0 Å². The molecule has 1 aromatic rings. The zero-order valence-electron chi connectivity index (χ0n) is 10.3. The summed E-state index contributed by atoms with van der Waals surface area (Å²) in [4.78, 5) is 15.6. The molecule has 0 aliphatic heterocycles. The molecular weight excluding hydrogens is 284 g/mol. The van der Waals surface area contributed by atoms with Crippen molar-refractivity contribution in [3.05, 3.63) is 22.3 Å². The van der Waals surface area contributed by atoms with Gasteiger partial charge in [0.05, 0.1) is 12.5 Å². The zero-order chi connectivity index (χ0) is 12.8. The lowest BCUT2D eigenvalue weighted by Crippen LogP contribution is -2.22. The van der Waals surface area contributed by atoms with Crippen LogP contribution in [-0.2, 0) is 9.53 Å². The molecule has 1 unspecified atom stereocenters. The second-order valence-electron chi connectivity index (χ2n) is 3.85. The molecule has 0 aromatic carbocycles. The summed E-state index contributed by atoms with van der Waals surface area (Å²) in [6, 6.07) is 1.93. The van der Waals surface area contributed by atoms with Crippen LogP contribution in [0, 0.1) is 12.8 Å². The quantitative estimate of drug-likeness (QED) is 0.850. The van der Waals surface area contributed by atoms with E-state index in [0.717, 1.165) is 15.9 Å². The first-order valence-corrected chi connectivity index (χ1v) is 6.36. The minimum atomic E-state index is -0.186. The minimum Gasteiger partial charge on any atom is -0.466 e. The lowest BCUT2D eigenvalue weighted by Gasteiger charge is -2.12. The second-order valence-corrected chi connectivity index (χ2v) is 4.71. The summed E-state index contributed by atoms with van der Waals surface area (Å²) in [5, 5.41) is 3.12. The molecule has 1 rings (SSSR count). The molecule has 0 amide bonds. The van der Waals surface area contributed by atoms with Gasteiger partial charge in [-0.2, -0.15) is 0 Å². The normalized spacial score (nSPS) is 12.0. The number of carbonyl (C=O) groups excluding carboxylic acids is 1. The van der Waals surface area contributed by atoms with E-state index in [4.69, 9.17) is 4.74 Å². The number of esters is 1. The number of nitrogens with one attached hydrogen (secondary N) is 1. The summed E-state index contributed by atoms with van der Waals surface area (Å²) in [5.41, 5.74) is 1.10. The standard InChI is InChI=1S/C12H17BrN2O2/c1-4-17-12(16)9(3)6-14-11-5-8(2)10(13)7-15-11/h5,7,9H,4,6H2,1-3H3,(H,14,15). The van der Waals surface area contributed by atoms with Gasteiger partial charge < -0.3 is 10.1 Å². The van der Waals surface area contributed by atoms with Gasteiger partial charge in [-0.3, -0.25) is 4.79 Å². The van der Waals surface area contributed by atoms with Crippen LogP contribution in [0.1, 0.15) is 19.4 Å². The highest BCUT2D eigenvalue weighted by molar-refractivity contribution is 9.10. The maximum absolute atomic E-state index is 11.4. The van der Waals surface area contributed by atoms with Crippen molar-refractivity contribution in [2.24, 2.45) is 5.92 Å². The van der Waals surface area contributed by atoms with Gasteiger partial charge in [-0.1, -0.05) is 6.92 Å². The second kappa shape index (κ2) is 6.59. The number of nitrogens with zero attached hydrogens (tertiary/aromatic N) is 1. The number of pyridine rings is 1. The van der Waals surface area contributed by atoms with Crippen LogP contribution in [0.15, 0.2) is 16.7 Å². The molecule has 1 aromatic heterocycles. The van der Waals surface area contributed by atoms with Crippen LogP contribution in [0.3, 0.4) is 0 Å². The number of aryl methyl sites for hydroxylation is 1. The number of halogens is 1. The Labute approximate surface area is 110 Å². The zero-order valence-corrected chi connectivity index (χ0v) is 11.9. The maximum atomic E-state index is 11.4. The summed E-state index contributed by atoms with van der Waals surface area (Å²) in [6.07, 6.45) is 1.74. The minimum absolute atomic E-state index is 0.180. The van der Waals surface area contributed by atoms with Gasteiger partial charge in [0, 0.05) is 17.2 Å². The Morgan fingerprint density at radius 2 is 2.35 bits per heavy atom. The first-order valence-electron chi connectivity index (χ1n) is 5.57. The summed E-state index contributed by atoms with van der Waals surface area (Å²) in [7, 11) is 0. The van der Waals surface area contributed by atoms with Gasteiger partial charge in [-0.05, 0) is 41.4 Å². The Hall–Kier alpha value is -1.10. The van der Waals surface area contributed by atoms with Gasteiger partial charge in [0.25, 0.3) is 0 Å². The van der Waals surface area contributed by atoms with Crippen molar-refractivity contribution in [3.8, 4) is 0 Å². The van der Waals surface area contributed by atoms with E-state index in [0.29, 0.717) is 13.2 Å². The number of rotatable bonds is 5. The fraction of sp³-hybridized carbons (Fsp3) is 0.500. The molecule has 0 fully saturated rings. The smallest absolute Gasteiger partial charge is 0.310 e. The van der Waals surface area contributed by atoms with Gasteiger partial charge in [0.1, 0.15) is 5.82 Å². The van der Waals surface area contributed by atoms with Crippen molar-refractivity contribution < 1.29 is 9.53 Å². The summed E-state index contributed by atoms with van der Waals surface area (Å²) >= 11 is 3.39. The van der Waals surface area contributed by atoms with E-state index < -0.39 is 0 Å². The molecule has 0 spiro atoms. The number of aromatic nitrogens is 1. The summed E-state index contributed by atoms with van der Waals surface area (Å²) in [5.74, 6) is 0.399. The fourth-order valence-electron chi connectivity index (χ4n) is 1.26. The van der Waals surface area contributed by atoms with Crippen LogP contribution in [0.5, 0.6) is 0 Å². The van der Waals surface area contributed by atoms with Crippen molar-refractivity contribution in [1.29, 1.82) is 0 Å². The number of anilines is 1. The fourth-order valence-corrected chi connectivity index (χ4v) is 1.48. The molecule has 4 nitrogen and oxygen atoms in total. The largest absolute Gasteiger partial charge is 0.466 e. The molecule has 0 aliphatic carbocycles. The molecule has 0 bridgehead atoms. The Morgan fingerprint density at radius 3 is 2.94 bits per heavy atom. The van der Waals surface area contributed by atoms with E-state index in [9.17, 15) is 4.79 Å². The number of carbonyl (C=O) groups is 1. The molecule has 1 atom stereocenters. The van der Waals surface area contributed by atoms with E-state index in [1.54, 1.807) is 13.1 Å². The maximum Gasteiger partial charge on any atom is 0.310 e. The molecule has 0 saturated heterocycles. The van der Waals surface area contributed by atoms with Crippen molar-refractivity contribution in [2.45, 2.75) is 20.8 Å². The van der Waals surface area contributed by atoms with Gasteiger partial charge in [-0.15, -0.1) is 0 Å². The van der Waals surface area contributed by atoms with E-state index >= 15 is 0 Å². The van der Waals surface area contributed by atoms with Gasteiger partial charge >= 0.3 is 5.97 Å². The number of hydrogen-bond donors (Lipinski definition) is 1. The lowest BCUT2D eigenvalue weighted by atomic mass is 10.2. The van der Waals surface area contributed by atoms with Crippen LogP contribution in [0.2, 0.25) is 0 Å². The van der Waals surface area contributed by atoms with Crippen LogP contribution >= 0.6 is 15.9 Å². The predicted molar refractivity (Wildman–Crippen MR) is 71.0 cm³/mol. The third-order valence-corrected chi connectivity index (χ3v) is 3.16. The third kappa shape index (κ3) is 4.34. The van der Waals surface area contributed by atoms with Crippen molar-refractivity contribution in [1.82, 2.24) is 4.98 Å². The molecule has 5 heteroatoms. The topological polar surface area (TPSA) is 51.2 Å². The van der Waals surface area contributed by atoms with Gasteiger partial charge in [0.2, 0.25) is 0 Å². The van der Waals surface area contributed by atoms with Crippen molar-refractivity contribution in [3.63, 3.8) is 0 Å². The first-order chi connectivity index (χ1) is 8.04. The van der Waals surface area contributed by atoms with Gasteiger partial charge in [0.15, 0.2) is 0 Å². The summed E-state index contributed by atoms with van der Waals surface area (Å²) < 4.78 is 5.90. The highest BCUT2D eigenvalue weighted by atomic mass is 79.9. The molecule has 94 valence electrons. The average molecular weight is 301 g/mol. The molecule has 1 heterocycles. The Balaban J connectivity index is 2.50. The van der Waals surface area contributed by atoms with E-state index in [1.807, 2.05) is 19.9 Å². The molecule has 0 saturated carbocycles. The Morgan fingerprint density at radius 1 is 1.65 bits per heavy atom. The molecule has 17 heavy (non-hydrogen) atoms. The van der Waals surface area contributed by atoms with Crippen LogP contribution in [0.4, 0.5) is 5.82 Å². The van der Waals surface area contributed by atoms with Crippen molar-refractivity contribution in [2.75, 3.05) is 18.5 Å². The number of hydrogen-bond acceptors (Lipinski definition) is 4. The van der Waals surface area contributed by atoms with Gasteiger partial charge in [-0.25, -0.2) is 4.98 Å². The van der Waals surface area contributed by atoms with Crippen LogP contribution in [0.25, 0.3) is 0 Å². The Kier molecular flexibility index (Phi) is 5.41. The van der Waals surface area contributed by atoms with Crippen LogP contribution in [-0.4, -0.2) is 24.1 Å². The average Bonchev–Trinajstić information content (AvgIpc) is 2.30. The summed E-state index contributed by atoms with van der Waals surface area (Å²) in [6.45, 7) is 6.56. The third-order valence-electron chi connectivity index (χ3n) is 2.33. The molecular formula is C12H17BrN2O2.